The lowest BCUT2D eigenvalue weighted by Crippen LogP contribution is -2.40. The predicted octanol–water partition coefficient (Wildman–Crippen LogP) is 3.18. The van der Waals surface area contributed by atoms with Crippen LogP contribution < -0.4 is 0 Å². The van der Waals surface area contributed by atoms with Crippen molar-refractivity contribution >= 4 is 17.2 Å². The van der Waals surface area contributed by atoms with Gasteiger partial charge in [-0.15, -0.1) is 11.3 Å². The van der Waals surface area contributed by atoms with Crippen LogP contribution in [0.4, 0.5) is 0 Å². The van der Waals surface area contributed by atoms with Gasteiger partial charge in [0.2, 0.25) is 5.91 Å². The van der Waals surface area contributed by atoms with E-state index in [1.807, 2.05) is 36.9 Å². The summed E-state index contributed by atoms with van der Waals surface area (Å²) in [6.45, 7) is 7.02. The van der Waals surface area contributed by atoms with Gasteiger partial charge in [0.1, 0.15) is 0 Å². The van der Waals surface area contributed by atoms with Crippen molar-refractivity contribution in [2.75, 3.05) is 6.54 Å². The molecule has 118 valence electrons. The first-order chi connectivity index (χ1) is 10.5. The molecule has 3 rings (SSSR count). The van der Waals surface area contributed by atoms with E-state index in [0.717, 1.165) is 36.3 Å². The molecule has 0 radical (unpaired) electrons. The van der Waals surface area contributed by atoms with E-state index < -0.39 is 0 Å². The molecule has 0 saturated carbocycles. The fourth-order valence-electron chi connectivity index (χ4n) is 3.46. The van der Waals surface area contributed by atoms with Crippen molar-refractivity contribution in [1.29, 1.82) is 0 Å². The molecule has 0 spiro atoms. The number of nitrogens with zero attached hydrogens (tertiary/aromatic N) is 3. The van der Waals surface area contributed by atoms with E-state index in [1.165, 1.54) is 10.4 Å². The number of hydrogen-bond acceptors (Lipinski definition) is 3. The summed E-state index contributed by atoms with van der Waals surface area (Å²) >= 11 is 1.82. The summed E-state index contributed by atoms with van der Waals surface area (Å²) in [5.41, 5.74) is 4.49. The summed E-state index contributed by atoms with van der Waals surface area (Å²) < 4.78 is 1.86. The third-order valence-electron chi connectivity index (χ3n) is 4.79. The van der Waals surface area contributed by atoms with Crippen LogP contribution >= 0.6 is 11.3 Å². The van der Waals surface area contributed by atoms with Gasteiger partial charge in [0.05, 0.1) is 18.2 Å². The van der Waals surface area contributed by atoms with Crippen LogP contribution in [0.3, 0.4) is 0 Å². The summed E-state index contributed by atoms with van der Waals surface area (Å²) in [5, 5.41) is 6.57. The highest BCUT2D eigenvalue weighted by Crippen LogP contribution is 2.35. The zero-order valence-electron chi connectivity index (χ0n) is 13.7. The molecule has 0 aliphatic carbocycles. The first-order valence-corrected chi connectivity index (χ1v) is 8.75. The number of hydrogen-bond donors (Lipinski definition) is 0. The molecular weight excluding hydrogens is 294 g/mol. The molecule has 0 aromatic carbocycles. The van der Waals surface area contributed by atoms with Crippen LogP contribution in [0.15, 0.2) is 11.4 Å². The molecule has 0 N–H and O–H groups in total. The number of aryl methyl sites for hydroxylation is 2. The minimum atomic E-state index is 0.225. The molecule has 22 heavy (non-hydrogen) atoms. The van der Waals surface area contributed by atoms with Crippen LogP contribution in [0, 0.1) is 13.8 Å². The molecule has 1 aliphatic heterocycles. The third-order valence-corrected chi connectivity index (χ3v) is 5.79. The molecule has 2 aromatic rings. The van der Waals surface area contributed by atoms with E-state index >= 15 is 0 Å². The van der Waals surface area contributed by atoms with Gasteiger partial charge in [-0.1, -0.05) is 6.92 Å². The maximum Gasteiger partial charge on any atom is 0.227 e. The molecular formula is C17H23N3OS. The van der Waals surface area contributed by atoms with Gasteiger partial charge in [-0.2, -0.15) is 5.10 Å². The minimum absolute atomic E-state index is 0.225. The Morgan fingerprint density at radius 3 is 2.86 bits per heavy atom. The molecule has 0 bridgehead atoms. The number of thiophene rings is 1. The van der Waals surface area contributed by atoms with E-state index in [0.29, 0.717) is 6.42 Å². The van der Waals surface area contributed by atoms with E-state index in [9.17, 15) is 4.79 Å². The SMILES string of the molecule is CC[C@@H]1c2ccsc2CCN1C(=O)Cc1c(C)nn(C)c1C. The second-order valence-electron chi connectivity index (χ2n) is 6.01. The fourth-order valence-corrected chi connectivity index (χ4v) is 4.39. The monoisotopic (exact) mass is 317 g/mol. The van der Waals surface area contributed by atoms with Crippen LogP contribution in [0.1, 0.15) is 46.8 Å². The molecule has 5 heteroatoms. The Morgan fingerprint density at radius 1 is 1.45 bits per heavy atom. The van der Waals surface area contributed by atoms with Crippen LogP contribution in [-0.4, -0.2) is 27.1 Å². The Labute approximate surface area is 135 Å². The standard InChI is InChI=1S/C17H23N3OS/c1-5-15-13-7-9-22-16(13)6-8-20(15)17(21)10-14-11(2)18-19(4)12(14)3/h7,9,15H,5-6,8,10H2,1-4H3/t15-/m1/s1. The largest absolute Gasteiger partial charge is 0.335 e. The molecule has 0 saturated heterocycles. The van der Waals surface area contributed by atoms with Gasteiger partial charge in [-0.25, -0.2) is 0 Å². The molecule has 0 fully saturated rings. The van der Waals surface area contributed by atoms with Crippen LogP contribution in [0.25, 0.3) is 0 Å². The average molecular weight is 317 g/mol. The number of fused-ring (bicyclic) bond motifs is 1. The molecule has 3 heterocycles. The second kappa shape index (κ2) is 5.88. The van der Waals surface area contributed by atoms with Gasteiger partial charge in [-0.3, -0.25) is 9.48 Å². The third kappa shape index (κ3) is 2.47. The molecule has 1 atom stereocenters. The van der Waals surface area contributed by atoms with Crippen molar-refractivity contribution in [1.82, 2.24) is 14.7 Å². The Bertz CT molecular complexity index is 701. The van der Waals surface area contributed by atoms with E-state index in [2.05, 4.69) is 28.4 Å². The zero-order valence-corrected chi connectivity index (χ0v) is 14.5. The highest BCUT2D eigenvalue weighted by molar-refractivity contribution is 7.10. The van der Waals surface area contributed by atoms with Gasteiger partial charge in [0.25, 0.3) is 0 Å². The van der Waals surface area contributed by atoms with Crippen molar-refractivity contribution in [2.45, 2.75) is 46.1 Å². The summed E-state index contributed by atoms with van der Waals surface area (Å²) in [4.78, 5) is 16.4. The lowest BCUT2D eigenvalue weighted by atomic mass is 9.96. The van der Waals surface area contributed by atoms with Crippen LogP contribution in [-0.2, 0) is 24.7 Å². The van der Waals surface area contributed by atoms with Gasteiger partial charge < -0.3 is 4.90 Å². The van der Waals surface area contributed by atoms with Crippen LogP contribution in [0.2, 0.25) is 0 Å². The Hall–Kier alpha value is -1.62. The van der Waals surface area contributed by atoms with Gasteiger partial charge in [0, 0.05) is 29.7 Å². The molecule has 1 aliphatic rings. The maximum absolute atomic E-state index is 12.9. The Kier molecular flexibility index (Phi) is 4.08. The lowest BCUT2D eigenvalue weighted by Gasteiger charge is -2.35. The average Bonchev–Trinajstić information content (AvgIpc) is 3.06. The quantitative estimate of drug-likeness (QED) is 0.872. The van der Waals surface area contributed by atoms with Gasteiger partial charge >= 0.3 is 0 Å². The number of amides is 1. The summed E-state index contributed by atoms with van der Waals surface area (Å²) in [5.74, 6) is 0.225. The molecule has 0 unspecified atom stereocenters. The van der Waals surface area contributed by atoms with Crippen LogP contribution in [0.5, 0.6) is 0 Å². The maximum atomic E-state index is 12.9. The highest BCUT2D eigenvalue weighted by Gasteiger charge is 2.30. The van der Waals surface area contributed by atoms with Crippen molar-refractivity contribution < 1.29 is 4.79 Å². The Morgan fingerprint density at radius 2 is 2.23 bits per heavy atom. The lowest BCUT2D eigenvalue weighted by molar-refractivity contribution is -0.133. The minimum Gasteiger partial charge on any atom is -0.335 e. The first-order valence-electron chi connectivity index (χ1n) is 7.87. The van der Waals surface area contributed by atoms with Crippen molar-refractivity contribution in [2.24, 2.45) is 7.05 Å². The number of aromatic nitrogens is 2. The first kappa shape index (κ1) is 15.3. The van der Waals surface area contributed by atoms with Crippen molar-refractivity contribution in [3.63, 3.8) is 0 Å². The molecule has 2 aromatic heterocycles. The van der Waals surface area contributed by atoms with Crippen molar-refractivity contribution in [3.05, 3.63) is 38.8 Å². The van der Waals surface area contributed by atoms with E-state index in [-0.39, 0.29) is 11.9 Å². The van der Waals surface area contributed by atoms with Gasteiger partial charge in [0.15, 0.2) is 0 Å². The topological polar surface area (TPSA) is 38.1 Å². The number of carbonyl (C=O) groups excluding carboxylic acids is 1. The van der Waals surface area contributed by atoms with E-state index in [4.69, 9.17) is 0 Å². The Balaban J connectivity index is 1.83. The number of rotatable bonds is 3. The van der Waals surface area contributed by atoms with Gasteiger partial charge in [-0.05, 0) is 43.7 Å². The summed E-state index contributed by atoms with van der Waals surface area (Å²) in [7, 11) is 1.93. The van der Waals surface area contributed by atoms with E-state index in [1.54, 1.807) is 0 Å². The normalized spacial score (nSPS) is 17.6. The summed E-state index contributed by atoms with van der Waals surface area (Å²) in [6, 6.07) is 2.42. The summed E-state index contributed by atoms with van der Waals surface area (Å²) in [6.07, 6.45) is 2.42. The second-order valence-corrected chi connectivity index (χ2v) is 7.01. The zero-order chi connectivity index (χ0) is 15.9. The fraction of sp³-hybridized carbons (Fsp3) is 0.529. The molecule has 4 nitrogen and oxygen atoms in total. The predicted molar refractivity (Wildman–Crippen MR) is 89.2 cm³/mol. The smallest absolute Gasteiger partial charge is 0.227 e. The number of carbonyl (C=O) groups is 1. The molecule has 1 amide bonds. The van der Waals surface area contributed by atoms with Crippen molar-refractivity contribution in [3.8, 4) is 0 Å². The highest BCUT2D eigenvalue weighted by atomic mass is 32.1.